The van der Waals surface area contributed by atoms with Gasteiger partial charge in [0.2, 0.25) is 0 Å². The minimum Gasteiger partial charge on any atom is -0.508 e. The van der Waals surface area contributed by atoms with Gasteiger partial charge in [0.25, 0.3) is 0 Å². The van der Waals surface area contributed by atoms with Gasteiger partial charge in [-0.25, -0.2) is 0 Å². The van der Waals surface area contributed by atoms with Crippen molar-refractivity contribution >= 4 is 21.6 Å². The van der Waals surface area contributed by atoms with Gasteiger partial charge in [-0.1, -0.05) is 47.5 Å². The van der Waals surface area contributed by atoms with Crippen LogP contribution in [0.15, 0.2) is 53.0 Å². The lowest BCUT2D eigenvalue weighted by Crippen LogP contribution is -2.23. The first-order valence-corrected chi connectivity index (χ1v) is 7.77. The minimum atomic E-state index is 0.312. The largest absolute Gasteiger partial charge is 0.508 e. The fourth-order valence-electron chi connectivity index (χ4n) is 2.18. The van der Waals surface area contributed by atoms with E-state index in [9.17, 15) is 5.11 Å². The number of para-hydroxylation sites is 1. The topological polar surface area (TPSA) is 23.5 Å². The molecule has 0 aromatic heterocycles. The van der Waals surface area contributed by atoms with Crippen LogP contribution in [0, 0.1) is 0 Å². The SMILES string of the molecule is CCCCN(Cc1cc(O)ccc1Br)c1ccccc1. The number of aromatic hydroxyl groups is 1. The van der Waals surface area contributed by atoms with Crippen LogP contribution in [0.2, 0.25) is 0 Å². The average Bonchev–Trinajstić information content (AvgIpc) is 2.48. The zero-order valence-corrected chi connectivity index (χ0v) is 13.3. The molecule has 0 aliphatic rings. The number of hydrogen-bond acceptors (Lipinski definition) is 2. The Morgan fingerprint density at radius 1 is 1.10 bits per heavy atom. The van der Waals surface area contributed by atoms with Gasteiger partial charge >= 0.3 is 0 Å². The van der Waals surface area contributed by atoms with Gasteiger partial charge < -0.3 is 10.0 Å². The summed E-state index contributed by atoms with van der Waals surface area (Å²) >= 11 is 3.56. The van der Waals surface area contributed by atoms with Crippen molar-refractivity contribution < 1.29 is 5.11 Å². The molecule has 0 amide bonds. The molecule has 0 saturated carbocycles. The maximum Gasteiger partial charge on any atom is 0.115 e. The summed E-state index contributed by atoms with van der Waals surface area (Å²) in [4.78, 5) is 2.35. The number of halogens is 1. The molecule has 1 N–H and O–H groups in total. The maximum absolute atomic E-state index is 9.66. The molecule has 0 saturated heterocycles. The molecular weight excluding hydrogens is 314 g/mol. The summed E-state index contributed by atoms with van der Waals surface area (Å²) in [5.41, 5.74) is 2.32. The molecule has 106 valence electrons. The Kier molecular flexibility index (Phi) is 5.48. The van der Waals surface area contributed by atoms with E-state index in [1.54, 1.807) is 6.07 Å². The molecule has 0 aliphatic carbocycles. The van der Waals surface area contributed by atoms with Crippen molar-refractivity contribution in [2.75, 3.05) is 11.4 Å². The first kappa shape index (κ1) is 14.9. The van der Waals surface area contributed by atoms with Gasteiger partial charge in [0.05, 0.1) is 0 Å². The molecule has 0 bridgehead atoms. The molecule has 20 heavy (non-hydrogen) atoms. The molecule has 0 radical (unpaired) electrons. The molecule has 2 rings (SSSR count). The molecule has 0 spiro atoms. The normalized spacial score (nSPS) is 10.5. The van der Waals surface area contributed by atoms with Crippen molar-refractivity contribution in [1.29, 1.82) is 0 Å². The summed E-state index contributed by atoms with van der Waals surface area (Å²) in [6.07, 6.45) is 2.33. The molecule has 0 aliphatic heterocycles. The third-order valence-corrected chi connectivity index (χ3v) is 4.07. The summed E-state index contributed by atoms with van der Waals surface area (Å²) < 4.78 is 1.03. The van der Waals surface area contributed by atoms with Crippen LogP contribution in [-0.4, -0.2) is 11.7 Å². The van der Waals surface area contributed by atoms with Crippen LogP contribution in [0.25, 0.3) is 0 Å². The number of anilines is 1. The number of rotatable bonds is 6. The van der Waals surface area contributed by atoms with Crippen molar-refractivity contribution in [1.82, 2.24) is 0 Å². The lowest BCUT2D eigenvalue weighted by Gasteiger charge is -2.25. The standard InChI is InChI=1S/C17H20BrNO/c1-2-3-11-19(15-7-5-4-6-8-15)13-14-12-16(20)9-10-17(14)18/h4-10,12,20H,2-3,11,13H2,1H3. The Hall–Kier alpha value is -1.48. The zero-order chi connectivity index (χ0) is 14.4. The first-order valence-electron chi connectivity index (χ1n) is 6.98. The van der Waals surface area contributed by atoms with E-state index in [-0.39, 0.29) is 0 Å². The third kappa shape index (κ3) is 4.01. The van der Waals surface area contributed by atoms with Crippen LogP contribution in [0.5, 0.6) is 5.75 Å². The van der Waals surface area contributed by atoms with Crippen LogP contribution < -0.4 is 4.90 Å². The second-order valence-electron chi connectivity index (χ2n) is 4.89. The van der Waals surface area contributed by atoms with Gasteiger partial charge in [-0.15, -0.1) is 0 Å². The highest BCUT2D eigenvalue weighted by molar-refractivity contribution is 9.10. The van der Waals surface area contributed by atoms with Crippen LogP contribution in [0.1, 0.15) is 25.3 Å². The van der Waals surface area contributed by atoms with E-state index in [2.05, 4.69) is 52.0 Å². The minimum absolute atomic E-state index is 0.312. The van der Waals surface area contributed by atoms with Crippen molar-refractivity contribution in [2.45, 2.75) is 26.3 Å². The Bertz CT molecular complexity index is 542. The van der Waals surface area contributed by atoms with Crippen LogP contribution >= 0.6 is 15.9 Å². The van der Waals surface area contributed by atoms with Crippen LogP contribution in [-0.2, 0) is 6.54 Å². The number of phenolic OH excluding ortho intramolecular Hbond substituents is 1. The number of unbranched alkanes of at least 4 members (excludes halogenated alkanes) is 1. The Balaban J connectivity index is 2.21. The van der Waals surface area contributed by atoms with Gasteiger partial charge in [-0.3, -0.25) is 0 Å². The van der Waals surface area contributed by atoms with E-state index in [1.165, 1.54) is 12.1 Å². The smallest absolute Gasteiger partial charge is 0.115 e. The summed E-state index contributed by atoms with van der Waals surface area (Å²) in [5.74, 6) is 0.312. The Labute approximate surface area is 129 Å². The van der Waals surface area contributed by atoms with E-state index < -0.39 is 0 Å². The highest BCUT2D eigenvalue weighted by Crippen LogP contribution is 2.25. The molecule has 2 aromatic rings. The number of hydrogen-bond donors (Lipinski definition) is 1. The van der Waals surface area contributed by atoms with E-state index in [0.29, 0.717) is 5.75 Å². The maximum atomic E-state index is 9.66. The molecule has 2 aromatic carbocycles. The van der Waals surface area contributed by atoms with Crippen molar-refractivity contribution in [2.24, 2.45) is 0 Å². The van der Waals surface area contributed by atoms with Crippen molar-refractivity contribution in [3.05, 3.63) is 58.6 Å². The Morgan fingerprint density at radius 3 is 2.55 bits per heavy atom. The number of nitrogens with zero attached hydrogens (tertiary/aromatic N) is 1. The van der Waals surface area contributed by atoms with Gasteiger partial charge in [0.1, 0.15) is 5.75 Å². The van der Waals surface area contributed by atoms with E-state index in [0.717, 1.165) is 29.5 Å². The summed E-state index contributed by atoms with van der Waals surface area (Å²) in [6.45, 7) is 4.01. The van der Waals surface area contributed by atoms with Crippen molar-refractivity contribution in [3.63, 3.8) is 0 Å². The fraction of sp³-hybridized carbons (Fsp3) is 0.294. The predicted octanol–water partition coefficient (Wildman–Crippen LogP) is 4.96. The van der Waals surface area contributed by atoms with Crippen molar-refractivity contribution in [3.8, 4) is 5.75 Å². The second-order valence-corrected chi connectivity index (χ2v) is 5.74. The first-order chi connectivity index (χ1) is 9.70. The summed E-state index contributed by atoms with van der Waals surface area (Å²) in [7, 11) is 0. The fourth-order valence-corrected chi connectivity index (χ4v) is 2.55. The Morgan fingerprint density at radius 2 is 1.85 bits per heavy atom. The molecule has 0 unspecified atom stereocenters. The van der Waals surface area contributed by atoms with Gasteiger partial charge in [-0.05, 0) is 42.3 Å². The summed E-state index contributed by atoms with van der Waals surface area (Å²) in [5, 5.41) is 9.66. The molecule has 2 nitrogen and oxygen atoms in total. The highest BCUT2D eigenvalue weighted by Gasteiger charge is 2.09. The molecule has 0 atom stereocenters. The second kappa shape index (κ2) is 7.34. The van der Waals surface area contributed by atoms with Crippen LogP contribution in [0.3, 0.4) is 0 Å². The number of phenols is 1. The van der Waals surface area contributed by atoms with E-state index in [4.69, 9.17) is 0 Å². The monoisotopic (exact) mass is 333 g/mol. The predicted molar refractivity (Wildman–Crippen MR) is 88.2 cm³/mol. The molecule has 0 heterocycles. The highest BCUT2D eigenvalue weighted by atomic mass is 79.9. The molecular formula is C17H20BrNO. The van der Waals surface area contributed by atoms with E-state index >= 15 is 0 Å². The molecule has 3 heteroatoms. The van der Waals surface area contributed by atoms with Gasteiger partial charge in [-0.2, -0.15) is 0 Å². The lowest BCUT2D eigenvalue weighted by molar-refractivity contribution is 0.474. The summed E-state index contributed by atoms with van der Waals surface area (Å²) in [6, 6.07) is 15.8. The average molecular weight is 334 g/mol. The van der Waals surface area contributed by atoms with Crippen LogP contribution in [0.4, 0.5) is 5.69 Å². The van der Waals surface area contributed by atoms with Gasteiger partial charge in [0.15, 0.2) is 0 Å². The zero-order valence-electron chi connectivity index (χ0n) is 11.7. The third-order valence-electron chi connectivity index (χ3n) is 3.29. The van der Waals surface area contributed by atoms with E-state index in [1.807, 2.05) is 18.2 Å². The molecule has 0 fully saturated rings. The number of benzene rings is 2. The lowest BCUT2D eigenvalue weighted by atomic mass is 10.1. The van der Waals surface area contributed by atoms with Gasteiger partial charge in [0, 0.05) is 23.2 Å². The quantitative estimate of drug-likeness (QED) is 0.807.